The van der Waals surface area contributed by atoms with E-state index < -0.39 is 20.7 Å². The Bertz CT molecular complexity index is 387. The van der Waals surface area contributed by atoms with E-state index in [0.717, 1.165) is 17.8 Å². The fraction of sp³-hybridized carbons (Fsp3) is 0.571. The number of thioether (sulfide) groups is 2. The monoisotopic (exact) mass is 273 g/mol. The van der Waals surface area contributed by atoms with Crippen molar-refractivity contribution >= 4 is 37.9 Å². The first-order valence-corrected chi connectivity index (χ1v) is 7.43. The molecule has 15 heavy (non-hydrogen) atoms. The second-order valence-electron chi connectivity index (χ2n) is 2.69. The molecular formula is C7H9F2NO2S3. The van der Waals surface area contributed by atoms with Crippen molar-refractivity contribution in [1.82, 2.24) is 0 Å². The standard InChI is InChI=1S/C7H9F2NO2S3/c1-5-14-7(10-15(5,11)12)13-4-2-3-6(8)9/h3,5H,2,4H2,1H3. The van der Waals surface area contributed by atoms with Gasteiger partial charge in [-0.15, -0.1) is 4.40 Å². The third-order valence-corrected chi connectivity index (χ3v) is 6.10. The minimum absolute atomic E-state index is 0.209. The molecule has 1 aliphatic rings. The second kappa shape index (κ2) is 5.31. The smallest absolute Gasteiger partial charge is 0.203 e. The Balaban J connectivity index is 2.40. The molecule has 0 N–H and O–H groups in total. The largest absolute Gasteiger partial charge is 0.267 e. The third-order valence-electron chi connectivity index (χ3n) is 1.53. The average molecular weight is 273 g/mol. The average Bonchev–Trinajstić information content (AvgIpc) is 2.35. The fourth-order valence-electron chi connectivity index (χ4n) is 0.777. The van der Waals surface area contributed by atoms with Gasteiger partial charge in [0.05, 0.1) is 0 Å². The summed E-state index contributed by atoms with van der Waals surface area (Å²) in [5.41, 5.74) is 0. The predicted molar refractivity (Wildman–Crippen MR) is 60.8 cm³/mol. The summed E-state index contributed by atoms with van der Waals surface area (Å²) in [4.78, 5) is 0. The highest BCUT2D eigenvalue weighted by Gasteiger charge is 2.30. The molecule has 1 atom stereocenters. The molecule has 0 aromatic rings. The molecule has 1 heterocycles. The quantitative estimate of drug-likeness (QED) is 0.742. The van der Waals surface area contributed by atoms with Gasteiger partial charge in [0.1, 0.15) is 8.96 Å². The van der Waals surface area contributed by atoms with Crippen LogP contribution < -0.4 is 0 Å². The van der Waals surface area contributed by atoms with Crippen LogP contribution in [0.25, 0.3) is 0 Å². The molecule has 86 valence electrons. The summed E-state index contributed by atoms with van der Waals surface area (Å²) in [5.74, 6) is 0.408. The number of nitrogens with zero attached hydrogens (tertiary/aromatic N) is 1. The SMILES string of the molecule is CC1SC(SCCC=C(F)F)=NS1(=O)=O. The molecule has 8 heteroatoms. The molecule has 0 aromatic carbocycles. The summed E-state index contributed by atoms with van der Waals surface area (Å²) in [5, 5.41) is 0. The van der Waals surface area contributed by atoms with Gasteiger partial charge in [-0.1, -0.05) is 23.5 Å². The summed E-state index contributed by atoms with van der Waals surface area (Å²) >= 11 is 2.34. The van der Waals surface area contributed by atoms with E-state index >= 15 is 0 Å². The van der Waals surface area contributed by atoms with Crippen LogP contribution in [0.15, 0.2) is 16.6 Å². The first kappa shape index (κ1) is 13.0. The molecule has 1 aliphatic heterocycles. The van der Waals surface area contributed by atoms with E-state index in [4.69, 9.17) is 0 Å². The maximum Gasteiger partial charge on any atom is 0.267 e. The fourth-order valence-corrected chi connectivity index (χ4v) is 4.86. The number of allylic oxidation sites excluding steroid dienone is 1. The lowest BCUT2D eigenvalue weighted by Crippen LogP contribution is -2.04. The summed E-state index contributed by atoms with van der Waals surface area (Å²) in [6.07, 6.45) is -0.691. The van der Waals surface area contributed by atoms with Crippen LogP contribution in [-0.2, 0) is 10.0 Å². The Labute approximate surface area is 95.5 Å². The molecule has 0 aromatic heterocycles. The zero-order valence-electron chi connectivity index (χ0n) is 7.81. The molecule has 1 unspecified atom stereocenters. The summed E-state index contributed by atoms with van der Waals surface area (Å²) in [6, 6.07) is 0. The van der Waals surface area contributed by atoms with Gasteiger partial charge < -0.3 is 0 Å². The van der Waals surface area contributed by atoms with E-state index in [-0.39, 0.29) is 6.42 Å². The molecule has 0 saturated heterocycles. The molecule has 1 rings (SSSR count). The molecule has 0 amide bonds. The first-order chi connectivity index (χ1) is 6.92. The van der Waals surface area contributed by atoms with Crippen LogP contribution in [-0.4, -0.2) is 23.1 Å². The molecule has 3 nitrogen and oxygen atoms in total. The number of hydrogen-bond donors (Lipinski definition) is 0. The van der Waals surface area contributed by atoms with Crippen molar-refractivity contribution in [3.05, 3.63) is 12.2 Å². The predicted octanol–water partition coefficient (Wildman–Crippen LogP) is 2.67. The Morgan fingerprint density at radius 1 is 1.67 bits per heavy atom. The molecule has 0 fully saturated rings. The van der Waals surface area contributed by atoms with Crippen LogP contribution in [0.5, 0.6) is 0 Å². The van der Waals surface area contributed by atoms with E-state index in [1.807, 2.05) is 0 Å². The maximum absolute atomic E-state index is 11.6. The van der Waals surface area contributed by atoms with Gasteiger partial charge in [0, 0.05) is 5.75 Å². The van der Waals surface area contributed by atoms with Crippen molar-refractivity contribution in [2.75, 3.05) is 5.75 Å². The number of sulfonamides is 1. The van der Waals surface area contributed by atoms with Gasteiger partial charge in [0.2, 0.25) is 0 Å². The zero-order valence-corrected chi connectivity index (χ0v) is 10.3. The van der Waals surface area contributed by atoms with Gasteiger partial charge in [-0.2, -0.15) is 8.78 Å². The number of hydrogen-bond acceptors (Lipinski definition) is 4. The topological polar surface area (TPSA) is 46.5 Å². The zero-order chi connectivity index (χ0) is 11.5. The highest BCUT2D eigenvalue weighted by Crippen LogP contribution is 2.33. The van der Waals surface area contributed by atoms with Gasteiger partial charge >= 0.3 is 0 Å². The first-order valence-electron chi connectivity index (χ1n) is 4.06. The molecule has 0 bridgehead atoms. The van der Waals surface area contributed by atoms with E-state index in [1.165, 1.54) is 11.8 Å². The van der Waals surface area contributed by atoms with E-state index in [9.17, 15) is 17.2 Å². The van der Waals surface area contributed by atoms with Crippen LogP contribution in [0.3, 0.4) is 0 Å². The third kappa shape index (κ3) is 4.12. The summed E-state index contributed by atoms with van der Waals surface area (Å²) < 4.78 is 49.0. The van der Waals surface area contributed by atoms with Crippen molar-refractivity contribution in [3.63, 3.8) is 0 Å². The summed E-state index contributed by atoms with van der Waals surface area (Å²) in [7, 11) is -3.36. The molecule has 0 saturated carbocycles. The highest BCUT2D eigenvalue weighted by molar-refractivity contribution is 8.43. The lowest BCUT2D eigenvalue weighted by atomic mass is 10.5. The molecule has 0 radical (unpaired) electrons. The van der Waals surface area contributed by atoms with Gasteiger partial charge in [0.15, 0.2) is 0 Å². The van der Waals surface area contributed by atoms with Crippen LogP contribution in [0, 0.1) is 0 Å². The molecule has 0 aliphatic carbocycles. The Hall–Kier alpha value is -0.0800. The van der Waals surface area contributed by atoms with Crippen LogP contribution >= 0.6 is 23.5 Å². The van der Waals surface area contributed by atoms with Gasteiger partial charge in [-0.3, -0.25) is 0 Å². The van der Waals surface area contributed by atoms with E-state index in [0.29, 0.717) is 10.1 Å². The normalized spacial score (nSPS) is 23.7. The van der Waals surface area contributed by atoms with Crippen molar-refractivity contribution in [1.29, 1.82) is 0 Å². The van der Waals surface area contributed by atoms with Crippen molar-refractivity contribution in [2.24, 2.45) is 4.40 Å². The Kier molecular flexibility index (Phi) is 4.60. The van der Waals surface area contributed by atoms with Crippen molar-refractivity contribution in [3.8, 4) is 0 Å². The van der Waals surface area contributed by atoms with Gasteiger partial charge in [-0.25, -0.2) is 8.42 Å². The number of halogens is 2. The van der Waals surface area contributed by atoms with Gasteiger partial charge in [-0.05, 0) is 19.4 Å². The minimum Gasteiger partial charge on any atom is -0.203 e. The van der Waals surface area contributed by atoms with Crippen molar-refractivity contribution in [2.45, 2.75) is 17.9 Å². The van der Waals surface area contributed by atoms with E-state index in [1.54, 1.807) is 6.92 Å². The Morgan fingerprint density at radius 2 is 2.33 bits per heavy atom. The second-order valence-corrected chi connectivity index (χ2v) is 7.58. The molecular weight excluding hydrogens is 264 g/mol. The van der Waals surface area contributed by atoms with E-state index in [2.05, 4.69) is 4.40 Å². The van der Waals surface area contributed by atoms with Crippen molar-refractivity contribution < 1.29 is 17.2 Å². The minimum atomic E-state index is -3.36. The van der Waals surface area contributed by atoms with Crippen LogP contribution in [0.1, 0.15) is 13.3 Å². The highest BCUT2D eigenvalue weighted by atomic mass is 32.3. The Morgan fingerprint density at radius 3 is 2.80 bits per heavy atom. The van der Waals surface area contributed by atoms with Crippen LogP contribution in [0.2, 0.25) is 0 Å². The lowest BCUT2D eigenvalue weighted by molar-refractivity contribution is 0.418. The number of rotatable bonds is 3. The maximum atomic E-state index is 11.6. The molecule has 0 spiro atoms. The van der Waals surface area contributed by atoms with Gasteiger partial charge in [0.25, 0.3) is 16.1 Å². The summed E-state index contributed by atoms with van der Waals surface area (Å²) in [6.45, 7) is 1.55. The lowest BCUT2D eigenvalue weighted by Gasteiger charge is -1.97. The van der Waals surface area contributed by atoms with Crippen LogP contribution in [0.4, 0.5) is 8.78 Å².